The summed E-state index contributed by atoms with van der Waals surface area (Å²) < 4.78 is 38.1. The van der Waals surface area contributed by atoms with Crippen LogP contribution in [0, 0.1) is 11.3 Å². The van der Waals surface area contributed by atoms with Crippen molar-refractivity contribution in [2.75, 3.05) is 13.1 Å². The first kappa shape index (κ1) is 16.4. The first-order valence-corrected chi connectivity index (χ1v) is 7.71. The standard InChI is InChI=1S/C15H16ClF3N2O2/c1-8(9-4-14(5-9)6-21(7-14)13(22)23)11-3-2-10(12(16)20-11)15(17,18)19/h2-3,8-9H,4-7H2,1H3,(H,22,23). The molecule has 1 atom stereocenters. The molecule has 1 amide bonds. The number of hydrogen-bond donors (Lipinski definition) is 1. The van der Waals surface area contributed by atoms with E-state index in [2.05, 4.69) is 4.98 Å². The van der Waals surface area contributed by atoms with E-state index >= 15 is 0 Å². The molecule has 2 fully saturated rings. The Kier molecular flexibility index (Phi) is 3.74. The number of hydrogen-bond acceptors (Lipinski definition) is 2. The average Bonchev–Trinajstić information content (AvgIpc) is 2.32. The van der Waals surface area contributed by atoms with Gasteiger partial charge in [0.1, 0.15) is 5.15 Å². The van der Waals surface area contributed by atoms with Gasteiger partial charge in [-0.05, 0) is 30.9 Å². The molecule has 1 aliphatic heterocycles. The molecule has 4 nitrogen and oxygen atoms in total. The van der Waals surface area contributed by atoms with Crippen molar-refractivity contribution in [3.05, 3.63) is 28.5 Å². The van der Waals surface area contributed by atoms with E-state index in [0.717, 1.165) is 18.9 Å². The summed E-state index contributed by atoms with van der Waals surface area (Å²) in [5.41, 5.74) is -0.305. The second-order valence-electron chi connectivity index (χ2n) is 6.67. The van der Waals surface area contributed by atoms with Gasteiger partial charge in [0.15, 0.2) is 0 Å². The van der Waals surface area contributed by atoms with Crippen molar-refractivity contribution in [3.63, 3.8) is 0 Å². The molecule has 1 saturated heterocycles. The van der Waals surface area contributed by atoms with Gasteiger partial charge in [-0.25, -0.2) is 9.78 Å². The number of nitrogens with zero attached hydrogens (tertiary/aromatic N) is 2. The van der Waals surface area contributed by atoms with Crippen LogP contribution in [-0.2, 0) is 6.18 Å². The van der Waals surface area contributed by atoms with Crippen LogP contribution in [0.2, 0.25) is 5.15 Å². The first-order chi connectivity index (χ1) is 10.6. The lowest BCUT2D eigenvalue weighted by Gasteiger charge is -2.59. The predicted molar refractivity (Wildman–Crippen MR) is 77.4 cm³/mol. The number of halogens is 4. The van der Waals surface area contributed by atoms with Crippen molar-refractivity contribution in [3.8, 4) is 0 Å². The van der Waals surface area contributed by atoms with Crippen molar-refractivity contribution in [2.45, 2.75) is 31.9 Å². The van der Waals surface area contributed by atoms with E-state index in [1.807, 2.05) is 6.92 Å². The van der Waals surface area contributed by atoms with Crippen LogP contribution in [0.1, 0.15) is 36.9 Å². The summed E-state index contributed by atoms with van der Waals surface area (Å²) in [5.74, 6) is 0.297. The van der Waals surface area contributed by atoms with Crippen LogP contribution < -0.4 is 0 Å². The SMILES string of the molecule is CC(c1ccc(C(F)(F)F)c(Cl)n1)C1CC2(C1)CN(C(=O)O)C2. The highest BCUT2D eigenvalue weighted by molar-refractivity contribution is 6.30. The van der Waals surface area contributed by atoms with Crippen molar-refractivity contribution in [1.82, 2.24) is 9.88 Å². The van der Waals surface area contributed by atoms with E-state index in [1.165, 1.54) is 11.0 Å². The first-order valence-electron chi connectivity index (χ1n) is 7.33. The molecular weight excluding hydrogens is 333 g/mol. The van der Waals surface area contributed by atoms with Gasteiger partial charge >= 0.3 is 12.3 Å². The van der Waals surface area contributed by atoms with Crippen molar-refractivity contribution in [1.29, 1.82) is 0 Å². The minimum atomic E-state index is -4.50. The number of carbonyl (C=O) groups is 1. The maximum atomic E-state index is 12.7. The number of carboxylic acid groups (broad SMARTS) is 1. The molecule has 1 N–H and O–H groups in total. The lowest BCUT2D eigenvalue weighted by molar-refractivity contribution is -0.137. The quantitative estimate of drug-likeness (QED) is 0.813. The third-order valence-corrected chi connectivity index (χ3v) is 5.35. The summed E-state index contributed by atoms with van der Waals surface area (Å²) in [6, 6.07) is 2.36. The molecule has 8 heteroatoms. The maximum Gasteiger partial charge on any atom is 0.419 e. The minimum absolute atomic E-state index is 0.000660. The molecule has 0 bridgehead atoms. The zero-order valence-electron chi connectivity index (χ0n) is 12.4. The third-order valence-electron chi connectivity index (χ3n) is 5.06. The molecule has 0 radical (unpaired) electrons. The van der Waals surface area contributed by atoms with Gasteiger partial charge in [0.05, 0.1) is 5.56 Å². The molecule has 1 unspecified atom stereocenters. The zero-order valence-corrected chi connectivity index (χ0v) is 13.2. The van der Waals surface area contributed by atoms with Crippen LogP contribution in [0.15, 0.2) is 12.1 Å². The number of likely N-dealkylation sites (tertiary alicyclic amines) is 1. The van der Waals surface area contributed by atoms with Gasteiger partial charge in [0, 0.05) is 30.1 Å². The number of aromatic nitrogens is 1. The van der Waals surface area contributed by atoms with E-state index in [1.54, 1.807) is 0 Å². The number of rotatable bonds is 2. The molecule has 0 aromatic carbocycles. The van der Waals surface area contributed by atoms with E-state index in [4.69, 9.17) is 16.7 Å². The Morgan fingerprint density at radius 1 is 1.43 bits per heavy atom. The van der Waals surface area contributed by atoms with E-state index in [0.29, 0.717) is 24.7 Å². The molecular formula is C15H16ClF3N2O2. The van der Waals surface area contributed by atoms with E-state index < -0.39 is 23.0 Å². The summed E-state index contributed by atoms with van der Waals surface area (Å²) in [5, 5.41) is 8.35. The van der Waals surface area contributed by atoms with Gasteiger partial charge in [0.25, 0.3) is 0 Å². The van der Waals surface area contributed by atoms with Crippen LogP contribution in [0.25, 0.3) is 0 Å². The Morgan fingerprint density at radius 3 is 2.52 bits per heavy atom. The number of amides is 1. The Hall–Kier alpha value is -1.50. The highest BCUT2D eigenvalue weighted by Crippen LogP contribution is 2.56. The normalized spacial score (nSPS) is 21.7. The second kappa shape index (κ2) is 5.26. The van der Waals surface area contributed by atoms with Crippen LogP contribution in [0.3, 0.4) is 0 Å². The fourth-order valence-corrected chi connectivity index (χ4v) is 3.99. The van der Waals surface area contributed by atoms with Gasteiger partial charge in [-0.1, -0.05) is 18.5 Å². The molecule has 1 aromatic rings. The summed E-state index contributed by atoms with van der Waals surface area (Å²) in [7, 11) is 0. The average molecular weight is 349 g/mol. The van der Waals surface area contributed by atoms with Crippen molar-refractivity contribution in [2.24, 2.45) is 11.3 Å². The van der Waals surface area contributed by atoms with Crippen LogP contribution in [0.5, 0.6) is 0 Å². The van der Waals surface area contributed by atoms with E-state index in [9.17, 15) is 18.0 Å². The summed E-state index contributed by atoms with van der Waals surface area (Å²) in [4.78, 5) is 16.1. The highest BCUT2D eigenvalue weighted by Gasteiger charge is 2.55. The Morgan fingerprint density at radius 2 is 2.04 bits per heavy atom. The van der Waals surface area contributed by atoms with Crippen molar-refractivity contribution < 1.29 is 23.1 Å². The number of pyridine rings is 1. The molecule has 1 aliphatic carbocycles. The lowest BCUT2D eigenvalue weighted by atomic mass is 9.54. The molecule has 2 aliphatic rings. The van der Waals surface area contributed by atoms with Crippen LogP contribution in [0.4, 0.5) is 18.0 Å². The Labute approximate surface area is 136 Å². The summed E-state index contributed by atoms with van der Waals surface area (Å²) in [6.07, 6.45) is -3.65. The monoisotopic (exact) mass is 348 g/mol. The molecule has 126 valence electrons. The molecule has 1 spiro atoms. The number of alkyl halides is 3. The van der Waals surface area contributed by atoms with Crippen LogP contribution in [-0.4, -0.2) is 34.2 Å². The largest absolute Gasteiger partial charge is 0.465 e. The zero-order chi connectivity index (χ0) is 17.0. The predicted octanol–water partition coefficient (Wildman–Crippen LogP) is 4.25. The fraction of sp³-hybridized carbons (Fsp3) is 0.600. The highest BCUT2D eigenvalue weighted by atomic mass is 35.5. The molecule has 2 heterocycles. The fourth-order valence-electron chi connectivity index (χ4n) is 3.72. The van der Waals surface area contributed by atoms with Gasteiger partial charge < -0.3 is 10.0 Å². The smallest absolute Gasteiger partial charge is 0.419 e. The third kappa shape index (κ3) is 2.86. The minimum Gasteiger partial charge on any atom is -0.465 e. The van der Waals surface area contributed by atoms with Crippen LogP contribution >= 0.6 is 11.6 Å². The molecule has 1 aromatic heterocycles. The Bertz CT molecular complexity index is 636. The second-order valence-corrected chi connectivity index (χ2v) is 7.03. The maximum absolute atomic E-state index is 12.7. The molecule has 1 saturated carbocycles. The van der Waals surface area contributed by atoms with E-state index in [-0.39, 0.29) is 11.3 Å². The molecule has 3 rings (SSSR count). The summed E-state index contributed by atoms with van der Waals surface area (Å²) >= 11 is 5.67. The van der Waals surface area contributed by atoms with Crippen molar-refractivity contribution >= 4 is 17.7 Å². The topological polar surface area (TPSA) is 53.4 Å². The Balaban J connectivity index is 1.63. The van der Waals surface area contributed by atoms with Gasteiger partial charge in [-0.3, -0.25) is 0 Å². The summed E-state index contributed by atoms with van der Waals surface area (Å²) in [6.45, 7) is 3.02. The lowest BCUT2D eigenvalue weighted by Crippen LogP contribution is -2.63. The van der Waals surface area contributed by atoms with Gasteiger partial charge in [-0.2, -0.15) is 13.2 Å². The molecule has 23 heavy (non-hydrogen) atoms. The van der Waals surface area contributed by atoms with Gasteiger partial charge in [-0.15, -0.1) is 0 Å². The van der Waals surface area contributed by atoms with Gasteiger partial charge in [0.2, 0.25) is 0 Å².